The largest absolute Gasteiger partial charge is 0.321 e. The van der Waals surface area contributed by atoms with E-state index in [9.17, 15) is 13.2 Å². The molecule has 1 heterocycles. The van der Waals surface area contributed by atoms with Gasteiger partial charge in [0.1, 0.15) is 0 Å². The molecule has 0 spiro atoms. The number of rotatable bonds is 6. The van der Waals surface area contributed by atoms with E-state index in [0.717, 1.165) is 26.8 Å². The molecular weight excluding hydrogens is 533 g/mol. The molecule has 5 rings (SSSR count). The topological polar surface area (TPSA) is 63.2 Å². The smallest absolute Gasteiger partial charge is 0.265 e. The highest BCUT2D eigenvalue weighted by Crippen LogP contribution is 2.53. The van der Waals surface area contributed by atoms with E-state index >= 15 is 0 Å². The van der Waals surface area contributed by atoms with Gasteiger partial charge in [-0.05, 0) is 83.4 Å². The number of hydrogen-bond donors (Lipinski definition) is 1. The minimum atomic E-state index is -3.20. The summed E-state index contributed by atoms with van der Waals surface area (Å²) in [4.78, 5) is 13.7. The molecule has 1 N–H and O–H groups in total. The molecule has 1 aromatic heterocycles. The van der Waals surface area contributed by atoms with Crippen molar-refractivity contribution in [2.24, 2.45) is 0 Å². The number of fused-ring (bicyclic) bond motifs is 1. The third-order valence-corrected chi connectivity index (χ3v) is 10.8. The van der Waals surface area contributed by atoms with Crippen LogP contribution >= 0.6 is 34.5 Å². The molecule has 4 nitrogen and oxygen atoms in total. The predicted octanol–water partition coefficient (Wildman–Crippen LogP) is 7.82. The van der Waals surface area contributed by atoms with Crippen molar-refractivity contribution in [2.75, 3.05) is 11.6 Å². The van der Waals surface area contributed by atoms with Crippen LogP contribution in [0.2, 0.25) is 10.0 Å². The van der Waals surface area contributed by atoms with Crippen LogP contribution in [0.15, 0.2) is 66.7 Å². The van der Waals surface area contributed by atoms with Crippen LogP contribution in [0, 0.1) is 0 Å². The Morgan fingerprint density at radius 1 is 0.917 bits per heavy atom. The Morgan fingerprint density at radius 2 is 1.61 bits per heavy atom. The predicted molar refractivity (Wildman–Crippen MR) is 151 cm³/mol. The van der Waals surface area contributed by atoms with Gasteiger partial charge in [0.2, 0.25) is 0 Å². The highest BCUT2D eigenvalue weighted by molar-refractivity contribution is 7.92. The standard InChI is InChI=1S/C28H25Cl2NO3S2/c1-27(2,18-4-7-21(29)8-5-18)20-14-22(30)16-23(15-20)31-26(32)25-13-17-12-19(6-9-24(17)35-25)28(10-11-28)36(3,33)34/h4-9,12-16H,10-11H2,1-3H3,(H,31,32). The van der Waals surface area contributed by atoms with Gasteiger partial charge in [0, 0.05) is 32.1 Å². The minimum Gasteiger partial charge on any atom is -0.321 e. The van der Waals surface area contributed by atoms with Gasteiger partial charge < -0.3 is 5.32 Å². The van der Waals surface area contributed by atoms with Crippen molar-refractivity contribution in [3.05, 3.63) is 98.3 Å². The number of thiophene rings is 1. The molecule has 1 aliphatic carbocycles. The number of carbonyl (C=O) groups is 1. The first kappa shape index (κ1) is 25.3. The first-order chi connectivity index (χ1) is 16.9. The summed E-state index contributed by atoms with van der Waals surface area (Å²) < 4.78 is 24.8. The molecule has 1 amide bonds. The summed E-state index contributed by atoms with van der Waals surface area (Å²) in [7, 11) is -3.20. The Morgan fingerprint density at radius 3 is 2.25 bits per heavy atom. The second-order valence-electron chi connectivity index (χ2n) is 9.94. The summed E-state index contributed by atoms with van der Waals surface area (Å²) in [6.07, 6.45) is 2.57. The molecule has 0 bridgehead atoms. The lowest BCUT2D eigenvalue weighted by Crippen LogP contribution is -2.19. The van der Waals surface area contributed by atoms with Crippen LogP contribution in [0.3, 0.4) is 0 Å². The van der Waals surface area contributed by atoms with E-state index in [0.29, 0.717) is 33.5 Å². The summed E-state index contributed by atoms with van der Waals surface area (Å²) in [5, 5.41) is 5.06. The summed E-state index contributed by atoms with van der Waals surface area (Å²) in [5.74, 6) is -0.237. The molecule has 3 aromatic carbocycles. The van der Waals surface area contributed by atoms with E-state index in [1.54, 1.807) is 6.07 Å². The zero-order valence-corrected chi connectivity index (χ0v) is 23.2. The summed E-state index contributed by atoms with van der Waals surface area (Å²) in [6.45, 7) is 4.19. The van der Waals surface area contributed by atoms with Crippen molar-refractivity contribution < 1.29 is 13.2 Å². The van der Waals surface area contributed by atoms with Crippen molar-refractivity contribution in [1.82, 2.24) is 0 Å². The molecule has 0 aliphatic heterocycles. The van der Waals surface area contributed by atoms with Gasteiger partial charge in [-0.25, -0.2) is 8.42 Å². The van der Waals surface area contributed by atoms with Crippen LogP contribution in [-0.2, 0) is 20.0 Å². The third kappa shape index (κ3) is 4.56. The third-order valence-electron chi connectivity index (χ3n) is 7.12. The molecule has 1 fully saturated rings. The molecule has 0 unspecified atom stereocenters. The van der Waals surface area contributed by atoms with Crippen LogP contribution in [0.25, 0.3) is 10.1 Å². The van der Waals surface area contributed by atoms with Crippen molar-refractivity contribution in [3.63, 3.8) is 0 Å². The Labute approximate surface area is 225 Å². The van der Waals surface area contributed by atoms with Crippen LogP contribution in [-0.4, -0.2) is 20.6 Å². The fourth-order valence-electron chi connectivity index (χ4n) is 4.67. The lowest BCUT2D eigenvalue weighted by molar-refractivity contribution is 0.103. The van der Waals surface area contributed by atoms with Crippen LogP contribution in [0.5, 0.6) is 0 Å². The van der Waals surface area contributed by atoms with Gasteiger partial charge in [0.25, 0.3) is 5.91 Å². The Hall–Kier alpha value is -2.38. The quantitative estimate of drug-likeness (QED) is 0.263. The molecular formula is C28H25Cl2NO3S2. The molecule has 0 atom stereocenters. The molecule has 4 aromatic rings. The fourth-order valence-corrected chi connectivity index (χ4v) is 7.37. The van der Waals surface area contributed by atoms with Crippen molar-refractivity contribution in [2.45, 2.75) is 36.9 Å². The lowest BCUT2D eigenvalue weighted by Gasteiger charge is -2.27. The highest BCUT2D eigenvalue weighted by atomic mass is 35.5. The molecule has 8 heteroatoms. The summed E-state index contributed by atoms with van der Waals surface area (Å²) in [5.41, 5.74) is 3.09. The van der Waals surface area contributed by atoms with E-state index in [4.69, 9.17) is 23.2 Å². The van der Waals surface area contributed by atoms with Crippen molar-refractivity contribution >= 4 is 66.1 Å². The number of hydrogen-bond acceptors (Lipinski definition) is 4. The average molecular weight is 559 g/mol. The van der Waals surface area contributed by atoms with Crippen molar-refractivity contribution in [3.8, 4) is 0 Å². The summed E-state index contributed by atoms with van der Waals surface area (Å²) >= 11 is 13.9. The zero-order chi connectivity index (χ0) is 25.9. The lowest BCUT2D eigenvalue weighted by atomic mass is 9.78. The van der Waals surface area contributed by atoms with Crippen LogP contribution in [0.1, 0.15) is 53.1 Å². The average Bonchev–Trinajstić information content (AvgIpc) is 3.52. The highest BCUT2D eigenvalue weighted by Gasteiger charge is 2.53. The van der Waals surface area contributed by atoms with Crippen molar-refractivity contribution in [1.29, 1.82) is 0 Å². The zero-order valence-electron chi connectivity index (χ0n) is 20.1. The number of sulfone groups is 1. The van der Waals surface area contributed by atoms with Gasteiger partial charge in [-0.3, -0.25) is 4.79 Å². The number of amides is 1. The number of nitrogens with one attached hydrogen (secondary N) is 1. The Bertz CT molecular complexity index is 1600. The van der Waals surface area contributed by atoms with Gasteiger partial charge in [-0.2, -0.15) is 0 Å². The van der Waals surface area contributed by atoms with Gasteiger partial charge in [-0.1, -0.05) is 55.2 Å². The number of anilines is 1. The fraction of sp³-hybridized carbons (Fsp3) is 0.250. The first-order valence-electron chi connectivity index (χ1n) is 11.5. The van der Waals surface area contributed by atoms with Gasteiger partial charge in [0.05, 0.1) is 9.62 Å². The van der Waals surface area contributed by atoms with E-state index in [-0.39, 0.29) is 11.3 Å². The normalized spacial score (nSPS) is 15.1. The molecule has 186 valence electrons. The molecule has 1 saturated carbocycles. The maximum Gasteiger partial charge on any atom is 0.265 e. The maximum atomic E-state index is 13.2. The number of halogens is 2. The summed E-state index contributed by atoms with van der Waals surface area (Å²) in [6, 6.07) is 20.8. The molecule has 0 radical (unpaired) electrons. The van der Waals surface area contributed by atoms with E-state index < -0.39 is 14.6 Å². The molecule has 1 aliphatic rings. The second kappa shape index (κ2) is 8.88. The van der Waals surface area contributed by atoms with E-state index in [1.807, 2.05) is 60.7 Å². The number of benzene rings is 3. The minimum absolute atomic E-state index is 0.237. The van der Waals surface area contributed by atoms with E-state index in [1.165, 1.54) is 17.6 Å². The van der Waals surface area contributed by atoms with Crippen LogP contribution < -0.4 is 5.32 Å². The van der Waals surface area contributed by atoms with Gasteiger partial charge in [-0.15, -0.1) is 11.3 Å². The second-order valence-corrected chi connectivity index (χ2v) is 14.2. The molecule has 36 heavy (non-hydrogen) atoms. The number of carbonyl (C=O) groups excluding carboxylic acids is 1. The Kier molecular flexibility index (Phi) is 6.23. The Balaban J connectivity index is 1.42. The van der Waals surface area contributed by atoms with Gasteiger partial charge in [0.15, 0.2) is 9.84 Å². The maximum absolute atomic E-state index is 13.2. The van der Waals surface area contributed by atoms with E-state index in [2.05, 4.69) is 19.2 Å². The monoisotopic (exact) mass is 557 g/mol. The SMILES string of the molecule is CC(C)(c1ccc(Cl)cc1)c1cc(Cl)cc(NC(=O)c2cc3cc(C4(S(C)(=O)=O)CC4)ccc3s2)c1. The van der Waals surface area contributed by atoms with Crippen LogP contribution in [0.4, 0.5) is 5.69 Å². The van der Waals surface area contributed by atoms with Gasteiger partial charge >= 0.3 is 0 Å². The molecule has 0 saturated heterocycles. The first-order valence-corrected chi connectivity index (χ1v) is 15.0.